The molecule has 11 heavy (non-hydrogen) atoms. The van der Waals surface area contributed by atoms with E-state index >= 15 is 0 Å². The van der Waals surface area contributed by atoms with Gasteiger partial charge in [0, 0.05) is 14.2 Å². The van der Waals surface area contributed by atoms with Gasteiger partial charge >= 0.3 is 8.56 Å². The summed E-state index contributed by atoms with van der Waals surface area (Å²) in [6.45, 7) is 2.76. The fraction of sp³-hybridized carbons (Fsp3) is 1.00. The van der Waals surface area contributed by atoms with Crippen LogP contribution >= 0.6 is 0 Å². The second-order valence-corrected chi connectivity index (χ2v) is 6.02. The highest BCUT2D eigenvalue weighted by Gasteiger charge is 2.27. The fourth-order valence-electron chi connectivity index (χ4n) is 0.711. The average Bonchev–Trinajstić information content (AvgIpc) is 2.00. The SMILES string of the molecule is CO[Si](C)(CCCN)OC.[SiH4]. The Labute approximate surface area is 74.5 Å². The summed E-state index contributed by atoms with van der Waals surface area (Å²) in [5, 5.41) is 0. The number of hydrogen-bond acceptors (Lipinski definition) is 3. The van der Waals surface area contributed by atoms with E-state index < -0.39 is 8.56 Å². The number of nitrogens with two attached hydrogens (primary N) is 1. The van der Waals surface area contributed by atoms with Gasteiger partial charge in [-0.2, -0.15) is 0 Å². The minimum Gasteiger partial charge on any atom is -0.398 e. The fourth-order valence-corrected chi connectivity index (χ4v) is 2.13. The molecule has 0 saturated heterocycles. The molecule has 0 aliphatic heterocycles. The molecule has 0 bridgehead atoms. The standard InChI is InChI=1S/C6H17NO2Si.H4Si/c1-8-10(3,9-2)6-4-5-7;/h4-7H2,1-3H3;1H4. The molecule has 0 saturated carbocycles. The summed E-state index contributed by atoms with van der Waals surface area (Å²) in [4.78, 5) is 0. The van der Waals surface area contributed by atoms with Gasteiger partial charge in [-0.25, -0.2) is 0 Å². The highest BCUT2D eigenvalue weighted by molar-refractivity contribution is 6.65. The second-order valence-electron chi connectivity index (χ2n) is 2.43. The molecule has 0 radical (unpaired) electrons. The van der Waals surface area contributed by atoms with E-state index in [1.54, 1.807) is 14.2 Å². The molecule has 0 aliphatic carbocycles. The van der Waals surface area contributed by atoms with Gasteiger partial charge in [-0.3, -0.25) is 0 Å². The topological polar surface area (TPSA) is 44.5 Å². The van der Waals surface area contributed by atoms with Gasteiger partial charge in [-0.15, -0.1) is 0 Å². The van der Waals surface area contributed by atoms with Crippen molar-refractivity contribution in [2.24, 2.45) is 5.73 Å². The Bertz CT molecular complexity index is 88.7. The van der Waals surface area contributed by atoms with Crippen LogP contribution in [0.5, 0.6) is 0 Å². The van der Waals surface area contributed by atoms with Crippen molar-refractivity contribution >= 4 is 19.5 Å². The van der Waals surface area contributed by atoms with Crippen molar-refractivity contribution in [1.29, 1.82) is 0 Å². The lowest BCUT2D eigenvalue weighted by atomic mass is 10.5. The summed E-state index contributed by atoms with van der Waals surface area (Å²) in [7, 11) is 1.60. The maximum absolute atomic E-state index is 5.36. The molecule has 0 spiro atoms. The van der Waals surface area contributed by atoms with E-state index in [0.29, 0.717) is 0 Å². The van der Waals surface area contributed by atoms with Gasteiger partial charge in [0.15, 0.2) is 0 Å². The minimum atomic E-state index is -1.80. The molecule has 0 aliphatic rings. The second kappa shape index (κ2) is 6.99. The molecule has 0 amide bonds. The Hall–Kier alpha value is 0.314. The van der Waals surface area contributed by atoms with E-state index in [1.165, 1.54) is 0 Å². The molecular formula is C6H21NO2Si2. The van der Waals surface area contributed by atoms with E-state index in [0.717, 1.165) is 19.0 Å². The van der Waals surface area contributed by atoms with Crippen LogP contribution in [0.2, 0.25) is 12.6 Å². The van der Waals surface area contributed by atoms with Gasteiger partial charge in [0.2, 0.25) is 0 Å². The summed E-state index contributed by atoms with van der Waals surface area (Å²) < 4.78 is 10.5. The summed E-state index contributed by atoms with van der Waals surface area (Å²) in [6, 6.07) is 0.983. The smallest absolute Gasteiger partial charge is 0.334 e. The summed E-state index contributed by atoms with van der Waals surface area (Å²) in [5.41, 5.74) is 5.36. The lowest BCUT2D eigenvalue weighted by Crippen LogP contribution is -2.36. The number of rotatable bonds is 5. The number of hydrogen-bond donors (Lipinski definition) is 1. The Balaban J connectivity index is 0. The van der Waals surface area contributed by atoms with Crippen molar-refractivity contribution < 1.29 is 8.85 Å². The predicted molar refractivity (Wildman–Crippen MR) is 55.4 cm³/mol. The zero-order chi connectivity index (χ0) is 8.04. The van der Waals surface area contributed by atoms with Crippen LogP contribution in [0, 0.1) is 0 Å². The molecule has 0 aromatic rings. The summed E-state index contributed by atoms with van der Waals surface area (Å²) in [6.07, 6.45) is 0.990. The van der Waals surface area contributed by atoms with Crippen molar-refractivity contribution in [3.05, 3.63) is 0 Å². The van der Waals surface area contributed by atoms with Gasteiger partial charge in [-0.05, 0) is 36.5 Å². The third-order valence-electron chi connectivity index (χ3n) is 1.70. The predicted octanol–water partition coefficient (Wildman–Crippen LogP) is -0.752. The first-order chi connectivity index (χ1) is 4.68. The zero-order valence-corrected chi connectivity index (χ0v) is 8.02. The maximum atomic E-state index is 5.36. The monoisotopic (exact) mass is 195 g/mol. The van der Waals surface area contributed by atoms with E-state index in [1.807, 2.05) is 6.55 Å². The van der Waals surface area contributed by atoms with Crippen molar-refractivity contribution in [1.82, 2.24) is 0 Å². The molecule has 0 unspecified atom stereocenters. The van der Waals surface area contributed by atoms with Crippen molar-refractivity contribution in [2.45, 2.75) is 19.0 Å². The summed E-state index contributed by atoms with van der Waals surface area (Å²) >= 11 is 0. The molecule has 2 N–H and O–H groups in total. The van der Waals surface area contributed by atoms with E-state index in [2.05, 4.69) is 0 Å². The van der Waals surface area contributed by atoms with Crippen molar-refractivity contribution in [2.75, 3.05) is 20.8 Å². The van der Waals surface area contributed by atoms with Crippen LogP contribution in [0.15, 0.2) is 0 Å². The lowest BCUT2D eigenvalue weighted by Gasteiger charge is -2.21. The largest absolute Gasteiger partial charge is 0.398 e. The quantitative estimate of drug-likeness (QED) is 0.587. The van der Waals surface area contributed by atoms with Crippen LogP contribution in [0.3, 0.4) is 0 Å². The molecule has 0 atom stereocenters. The molecular weight excluding hydrogens is 174 g/mol. The lowest BCUT2D eigenvalue weighted by molar-refractivity contribution is 0.249. The molecule has 0 fully saturated rings. The van der Waals surface area contributed by atoms with Gasteiger partial charge in [0.1, 0.15) is 0 Å². The molecule has 3 nitrogen and oxygen atoms in total. The van der Waals surface area contributed by atoms with E-state index in [9.17, 15) is 0 Å². The molecule has 70 valence electrons. The molecule has 0 aromatic heterocycles. The first-order valence-corrected chi connectivity index (χ1v) is 6.01. The van der Waals surface area contributed by atoms with Crippen LogP contribution in [-0.4, -0.2) is 40.3 Å². The average molecular weight is 195 g/mol. The Morgan fingerprint density at radius 3 is 2.00 bits per heavy atom. The van der Waals surface area contributed by atoms with Crippen LogP contribution < -0.4 is 5.73 Å². The Morgan fingerprint density at radius 1 is 1.27 bits per heavy atom. The maximum Gasteiger partial charge on any atom is 0.334 e. The van der Waals surface area contributed by atoms with Gasteiger partial charge < -0.3 is 14.6 Å². The first-order valence-electron chi connectivity index (χ1n) is 3.49. The van der Waals surface area contributed by atoms with Crippen LogP contribution in [0.25, 0.3) is 0 Å². The minimum absolute atomic E-state index is 0. The van der Waals surface area contributed by atoms with Gasteiger partial charge in [-0.1, -0.05) is 0 Å². The normalized spacial score (nSPS) is 10.9. The van der Waals surface area contributed by atoms with Crippen LogP contribution in [-0.2, 0) is 8.85 Å². The van der Waals surface area contributed by atoms with E-state index in [-0.39, 0.29) is 11.0 Å². The Morgan fingerprint density at radius 2 is 1.73 bits per heavy atom. The third kappa shape index (κ3) is 5.57. The Kier molecular flexibility index (Phi) is 8.82. The van der Waals surface area contributed by atoms with Crippen molar-refractivity contribution in [3.8, 4) is 0 Å². The highest BCUT2D eigenvalue weighted by atomic mass is 28.4. The molecule has 0 heterocycles. The van der Waals surface area contributed by atoms with Crippen LogP contribution in [0.1, 0.15) is 6.42 Å². The van der Waals surface area contributed by atoms with Gasteiger partial charge in [0.05, 0.1) is 0 Å². The molecule has 0 rings (SSSR count). The highest BCUT2D eigenvalue weighted by Crippen LogP contribution is 2.12. The van der Waals surface area contributed by atoms with Crippen LogP contribution in [0.4, 0.5) is 0 Å². The first kappa shape index (κ1) is 13.9. The van der Waals surface area contributed by atoms with E-state index in [4.69, 9.17) is 14.6 Å². The van der Waals surface area contributed by atoms with Gasteiger partial charge in [0.25, 0.3) is 0 Å². The molecule has 0 aromatic carbocycles. The summed E-state index contributed by atoms with van der Waals surface area (Å²) in [5.74, 6) is 0. The molecule has 5 heteroatoms. The van der Waals surface area contributed by atoms with Crippen molar-refractivity contribution in [3.63, 3.8) is 0 Å². The zero-order valence-electron chi connectivity index (χ0n) is 7.02. The third-order valence-corrected chi connectivity index (χ3v) is 4.69.